The van der Waals surface area contributed by atoms with Gasteiger partial charge in [-0.3, -0.25) is 0 Å². The van der Waals surface area contributed by atoms with Gasteiger partial charge in [0.2, 0.25) is 0 Å². The summed E-state index contributed by atoms with van der Waals surface area (Å²) < 4.78 is 17.2. The number of hydrogen-bond donors (Lipinski definition) is 0. The van der Waals surface area contributed by atoms with Gasteiger partial charge in [0.15, 0.2) is 5.79 Å². The Hall–Kier alpha value is -0.120. The minimum atomic E-state index is -0.430. The van der Waals surface area contributed by atoms with Crippen molar-refractivity contribution in [2.75, 3.05) is 6.61 Å². The first-order chi connectivity index (χ1) is 6.38. The molecule has 0 bridgehead atoms. The zero-order valence-electron chi connectivity index (χ0n) is 9.50. The number of rotatable bonds is 1. The first-order valence-corrected chi connectivity index (χ1v) is 5.38. The summed E-state index contributed by atoms with van der Waals surface area (Å²) in [7, 11) is 0. The molecule has 2 rings (SSSR count). The van der Waals surface area contributed by atoms with Crippen molar-refractivity contribution >= 4 is 0 Å². The molecule has 2 aliphatic rings. The van der Waals surface area contributed by atoms with Crippen molar-refractivity contribution in [2.45, 2.75) is 64.1 Å². The normalized spacial score (nSPS) is 40.3. The minimum Gasteiger partial charge on any atom is -0.370 e. The predicted octanol–water partition coefficient (Wildman–Crippen LogP) is 2.10. The molecule has 0 aromatic rings. The van der Waals surface area contributed by atoms with Crippen molar-refractivity contribution in [3.63, 3.8) is 0 Å². The Labute approximate surface area is 85.7 Å². The molecule has 0 amide bonds. The van der Waals surface area contributed by atoms with Gasteiger partial charge < -0.3 is 14.2 Å². The summed E-state index contributed by atoms with van der Waals surface area (Å²) in [6.45, 7) is 8.83. The third-order valence-corrected chi connectivity index (χ3v) is 2.95. The summed E-state index contributed by atoms with van der Waals surface area (Å²) in [5.74, 6) is -0.430. The Morgan fingerprint density at radius 3 is 2.14 bits per heavy atom. The lowest BCUT2D eigenvalue weighted by atomic mass is 10.0. The van der Waals surface area contributed by atoms with Crippen LogP contribution in [0, 0.1) is 0 Å². The predicted molar refractivity (Wildman–Crippen MR) is 53.1 cm³/mol. The molecular formula is C11H20O3. The van der Waals surface area contributed by atoms with Crippen molar-refractivity contribution in [1.29, 1.82) is 0 Å². The number of ether oxygens (including phenoxy) is 3. The van der Waals surface area contributed by atoms with Crippen molar-refractivity contribution in [2.24, 2.45) is 0 Å². The second-order valence-electron chi connectivity index (χ2n) is 5.32. The van der Waals surface area contributed by atoms with E-state index in [-0.39, 0.29) is 17.8 Å². The molecule has 0 radical (unpaired) electrons. The van der Waals surface area contributed by atoms with Gasteiger partial charge in [-0.1, -0.05) is 0 Å². The van der Waals surface area contributed by atoms with Gasteiger partial charge in [-0.15, -0.1) is 0 Å². The van der Waals surface area contributed by atoms with E-state index in [2.05, 4.69) is 13.8 Å². The van der Waals surface area contributed by atoms with Gasteiger partial charge in [-0.25, -0.2) is 0 Å². The molecule has 2 heterocycles. The Morgan fingerprint density at radius 1 is 1.00 bits per heavy atom. The molecule has 2 atom stereocenters. The lowest BCUT2D eigenvalue weighted by molar-refractivity contribution is -0.159. The third kappa shape index (κ3) is 2.10. The van der Waals surface area contributed by atoms with Gasteiger partial charge in [0.25, 0.3) is 0 Å². The van der Waals surface area contributed by atoms with Crippen LogP contribution < -0.4 is 0 Å². The van der Waals surface area contributed by atoms with Crippen LogP contribution in [-0.4, -0.2) is 30.2 Å². The van der Waals surface area contributed by atoms with Crippen molar-refractivity contribution in [3.8, 4) is 0 Å². The molecule has 0 saturated carbocycles. The second kappa shape index (κ2) is 3.19. The summed E-state index contributed by atoms with van der Waals surface area (Å²) in [4.78, 5) is 0. The van der Waals surface area contributed by atoms with Crippen LogP contribution in [0.5, 0.6) is 0 Å². The lowest BCUT2D eigenvalue weighted by Gasteiger charge is -2.23. The average Bonchev–Trinajstić information content (AvgIpc) is 2.54. The van der Waals surface area contributed by atoms with E-state index in [4.69, 9.17) is 14.2 Å². The molecule has 82 valence electrons. The Balaban J connectivity index is 1.93. The highest BCUT2D eigenvalue weighted by atomic mass is 16.7. The highest BCUT2D eigenvalue weighted by Gasteiger charge is 2.43. The Bertz CT molecular complexity index is 199. The minimum absolute atomic E-state index is 0.0146. The molecular weight excluding hydrogens is 180 g/mol. The number of hydrogen-bond acceptors (Lipinski definition) is 3. The standard InChI is InChI=1S/C11H20O3/c1-10(2)6-5-8(13-10)9-7-12-11(3,4)14-9/h8-9H,5-7H2,1-4H3/t8-,9?/m0/s1. The lowest BCUT2D eigenvalue weighted by Crippen LogP contribution is -2.32. The summed E-state index contributed by atoms with van der Waals surface area (Å²) in [5, 5.41) is 0. The zero-order valence-corrected chi connectivity index (χ0v) is 9.50. The van der Waals surface area contributed by atoms with E-state index in [1.165, 1.54) is 0 Å². The van der Waals surface area contributed by atoms with E-state index < -0.39 is 5.79 Å². The van der Waals surface area contributed by atoms with E-state index in [1.54, 1.807) is 0 Å². The van der Waals surface area contributed by atoms with E-state index in [1.807, 2.05) is 13.8 Å². The molecule has 2 fully saturated rings. The SMILES string of the molecule is CC1(C)CC[C@@H](C2COC(C)(C)O2)O1. The average molecular weight is 200 g/mol. The van der Waals surface area contributed by atoms with Crippen molar-refractivity contribution < 1.29 is 14.2 Å². The van der Waals surface area contributed by atoms with Gasteiger partial charge in [0, 0.05) is 0 Å². The van der Waals surface area contributed by atoms with E-state index >= 15 is 0 Å². The Morgan fingerprint density at radius 2 is 1.71 bits per heavy atom. The summed E-state index contributed by atoms with van der Waals surface area (Å²) in [6.07, 6.45) is 2.52. The van der Waals surface area contributed by atoms with E-state index in [0.717, 1.165) is 12.8 Å². The highest BCUT2D eigenvalue weighted by Crippen LogP contribution is 2.35. The topological polar surface area (TPSA) is 27.7 Å². The van der Waals surface area contributed by atoms with Crippen LogP contribution in [0.3, 0.4) is 0 Å². The smallest absolute Gasteiger partial charge is 0.163 e. The highest BCUT2D eigenvalue weighted by molar-refractivity contribution is 4.88. The largest absolute Gasteiger partial charge is 0.370 e. The molecule has 0 spiro atoms. The van der Waals surface area contributed by atoms with E-state index in [9.17, 15) is 0 Å². The third-order valence-electron chi connectivity index (χ3n) is 2.95. The van der Waals surface area contributed by atoms with Crippen LogP contribution in [-0.2, 0) is 14.2 Å². The molecule has 0 N–H and O–H groups in total. The fourth-order valence-electron chi connectivity index (χ4n) is 2.18. The van der Waals surface area contributed by atoms with Gasteiger partial charge >= 0.3 is 0 Å². The molecule has 3 heteroatoms. The quantitative estimate of drug-likeness (QED) is 0.648. The fraction of sp³-hybridized carbons (Fsp3) is 1.00. The monoisotopic (exact) mass is 200 g/mol. The maximum absolute atomic E-state index is 5.92. The molecule has 0 aromatic heterocycles. The van der Waals surface area contributed by atoms with Crippen LogP contribution >= 0.6 is 0 Å². The molecule has 1 unspecified atom stereocenters. The molecule has 2 aliphatic heterocycles. The maximum atomic E-state index is 5.92. The van der Waals surface area contributed by atoms with Gasteiger partial charge in [0.1, 0.15) is 6.10 Å². The molecule has 0 aliphatic carbocycles. The second-order valence-corrected chi connectivity index (χ2v) is 5.32. The molecule has 0 aromatic carbocycles. The molecule has 14 heavy (non-hydrogen) atoms. The molecule has 2 saturated heterocycles. The maximum Gasteiger partial charge on any atom is 0.163 e. The Kier molecular flexibility index (Phi) is 2.37. The van der Waals surface area contributed by atoms with Crippen LogP contribution in [0.1, 0.15) is 40.5 Å². The zero-order chi connectivity index (χ0) is 10.4. The van der Waals surface area contributed by atoms with Gasteiger partial charge in [-0.05, 0) is 40.5 Å². The fourth-order valence-corrected chi connectivity index (χ4v) is 2.18. The van der Waals surface area contributed by atoms with Crippen molar-refractivity contribution in [1.82, 2.24) is 0 Å². The molecule has 3 nitrogen and oxygen atoms in total. The first kappa shape index (κ1) is 10.4. The van der Waals surface area contributed by atoms with Crippen LogP contribution in [0.25, 0.3) is 0 Å². The summed E-state index contributed by atoms with van der Waals surface area (Å²) in [6, 6.07) is 0. The van der Waals surface area contributed by atoms with Crippen LogP contribution in [0.15, 0.2) is 0 Å². The van der Waals surface area contributed by atoms with Crippen LogP contribution in [0.2, 0.25) is 0 Å². The van der Waals surface area contributed by atoms with Crippen LogP contribution in [0.4, 0.5) is 0 Å². The van der Waals surface area contributed by atoms with Gasteiger partial charge in [-0.2, -0.15) is 0 Å². The summed E-state index contributed by atoms with van der Waals surface area (Å²) >= 11 is 0. The first-order valence-electron chi connectivity index (χ1n) is 5.38. The summed E-state index contributed by atoms with van der Waals surface area (Å²) in [5.41, 5.74) is 0.0146. The van der Waals surface area contributed by atoms with Crippen molar-refractivity contribution in [3.05, 3.63) is 0 Å². The van der Waals surface area contributed by atoms with E-state index in [0.29, 0.717) is 6.61 Å². The van der Waals surface area contributed by atoms with Gasteiger partial charge in [0.05, 0.1) is 18.3 Å².